The van der Waals surface area contributed by atoms with Gasteiger partial charge in [-0.25, -0.2) is 9.59 Å². The molecule has 0 saturated carbocycles. The van der Waals surface area contributed by atoms with E-state index in [9.17, 15) is 19.6 Å². The summed E-state index contributed by atoms with van der Waals surface area (Å²) in [4.78, 5) is 40.9. The first-order valence-corrected chi connectivity index (χ1v) is 11.8. The highest BCUT2D eigenvalue weighted by Crippen LogP contribution is 2.38. The van der Waals surface area contributed by atoms with Crippen LogP contribution in [0.5, 0.6) is 0 Å². The zero-order chi connectivity index (χ0) is 25.8. The summed E-state index contributed by atoms with van der Waals surface area (Å²) in [6.07, 6.45) is 0.231. The highest BCUT2D eigenvalue weighted by molar-refractivity contribution is 6.31. The average molecular weight is 523 g/mol. The normalized spacial score (nSPS) is 16.9. The number of carbonyl (C=O) groups is 3. The Hall–Kier alpha value is -3.01. The van der Waals surface area contributed by atoms with E-state index in [1.54, 1.807) is 67.3 Å². The van der Waals surface area contributed by atoms with Gasteiger partial charge in [-0.15, -0.1) is 0 Å². The second-order valence-corrected chi connectivity index (χ2v) is 9.50. The van der Waals surface area contributed by atoms with Crippen LogP contribution in [0, 0.1) is 0 Å². The van der Waals surface area contributed by atoms with E-state index < -0.39 is 23.8 Å². The molecule has 1 aliphatic rings. The van der Waals surface area contributed by atoms with Gasteiger partial charge in [-0.05, 0) is 75.2 Å². The first-order valence-electron chi connectivity index (χ1n) is 11.0. The molecule has 0 spiro atoms. The SMILES string of the molecule is COC(=O)CCCCN1C(=O)N(c2ccc(Cl)cc2)C(N(O)C(=O)Nc2ccc(Cl)cc2)C1(C)C. The van der Waals surface area contributed by atoms with Gasteiger partial charge in [0.15, 0.2) is 6.17 Å². The molecule has 1 heterocycles. The van der Waals surface area contributed by atoms with E-state index in [0.717, 1.165) is 0 Å². The first kappa shape index (κ1) is 26.6. The number of esters is 1. The molecule has 11 heteroatoms. The van der Waals surface area contributed by atoms with E-state index in [2.05, 4.69) is 10.1 Å². The van der Waals surface area contributed by atoms with Crippen LogP contribution in [0.2, 0.25) is 10.0 Å². The molecule has 9 nitrogen and oxygen atoms in total. The van der Waals surface area contributed by atoms with Crippen molar-refractivity contribution in [3.05, 3.63) is 58.6 Å². The van der Waals surface area contributed by atoms with Gasteiger partial charge >= 0.3 is 18.0 Å². The molecule has 2 N–H and O–H groups in total. The van der Waals surface area contributed by atoms with Crippen molar-refractivity contribution in [3.63, 3.8) is 0 Å². The van der Waals surface area contributed by atoms with Crippen LogP contribution in [0.15, 0.2) is 48.5 Å². The lowest BCUT2D eigenvalue weighted by Crippen LogP contribution is -2.58. The monoisotopic (exact) mass is 522 g/mol. The van der Waals surface area contributed by atoms with Gasteiger partial charge in [-0.1, -0.05) is 23.2 Å². The van der Waals surface area contributed by atoms with Crippen molar-refractivity contribution in [2.24, 2.45) is 0 Å². The molecular weight excluding hydrogens is 495 g/mol. The molecule has 4 amide bonds. The molecule has 188 valence electrons. The van der Waals surface area contributed by atoms with Crippen molar-refractivity contribution >= 4 is 52.6 Å². The minimum absolute atomic E-state index is 0.235. The molecule has 1 fully saturated rings. The number of rotatable bonds is 8. The Labute approximate surface area is 214 Å². The molecule has 1 unspecified atom stereocenters. The molecule has 35 heavy (non-hydrogen) atoms. The minimum atomic E-state index is -1.07. The lowest BCUT2D eigenvalue weighted by Gasteiger charge is -2.38. The van der Waals surface area contributed by atoms with Crippen molar-refractivity contribution in [3.8, 4) is 0 Å². The number of nitrogens with zero attached hydrogens (tertiary/aromatic N) is 3. The molecule has 1 atom stereocenters. The average Bonchev–Trinajstić information content (AvgIpc) is 3.02. The molecule has 3 rings (SSSR count). The van der Waals surface area contributed by atoms with Crippen LogP contribution in [0.25, 0.3) is 0 Å². The number of halogens is 2. The fourth-order valence-corrected chi connectivity index (χ4v) is 4.30. The largest absolute Gasteiger partial charge is 0.469 e. The van der Waals surface area contributed by atoms with E-state index in [0.29, 0.717) is 45.9 Å². The van der Waals surface area contributed by atoms with Crippen molar-refractivity contribution in [2.75, 3.05) is 23.9 Å². The molecule has 1 saturated heterocycles. The third kappa shape index (κ3) is 5.98. The number of methoxy groups -OCH3 is 1. The summed E-state index contributed by atoms with van der Waals surface area (Å²) in [6, 6.07) is 11.8. The summed E-state index contributed by atoms with van der Waals surface area (Å²) in [6.45, 7) is 3.85. The van der Waals surface area contributed by atoms with Gasteiger partial charge in [0.1, 0.15) is 0 Å². The summed E-state index contributed by atoms with van der Waals surface area (Å²) in [5.74, 6) is -0.321. The smallest absolute Gasteiger partial charge is 0.347 e. The molecular formula is C24H28Cl2N4O5. The number of urea groups is 2. The van der Waals surface area contributed by atoms with Crippen molar-refractivity contribution in [1.29, 1.82) is 0 Å². The Bertz CT molecular complexity index is 1060. The summed E-state index contributed by atoms with van der Waals surface area (Å²) in [7, 11) is 1.33. The number of amides is 4. The maximum Gasteiger partial charge on any atom is 0.347 e. The lowest BCUT2D eigenvalue weighted by molar-refractivity contribution is -0.140. The van der Waals surface area contributed by atoms with Crippen LogP contribution in [-0.2, 0) is 9.53 Å². The molecule has 0 bridgehead atoms. The molecule has 2 aromatic carbocycles. The van der Waals surface area contributed by atoms with E-state index in [-0.39, 0.29) is 12.4 Å². The van der Waals surface area contributed by atoms with Gasteiger partial charge in [-0.3, -0.25) is 14.9 Å². The van der Waals surface area contributed by atoms with E-state index in [4.69, 9.17) is 23.2 Å². The van der Waals surface area contributed by atoms with Crippen LogP contribution >= 0.6 is 23.2 Å². The van der Waals surface area contributed by atoms with Crippen LogP contribution < -0.4 is 10.2 Å². The van der Waals surface area contributed by atoms with Gasteiger partial charge in [0, 0.05) is 34.4 Å². The van der Waals surface area contributed by atoms with Crippen LogP contribution in [-0.4, -0.2) is 58.6 Å². The maximum atomic E-state index is 13.6. The summed E-state index contributed by atoms with van der Waals surface area (Å²) < 4.78 is 4.67. The zero-order valence-electron chi connectivity index (χ0n) is 19.7. The van der Waals surface area contributed by atoms with Gasteiger partial charge < -0.3 is 15.0 Å². The number of anilines is 2. The number of carbonyl (C=O) groups excluding carboxylic acids is 3. The van der Waals surface area contributed by atoms with Crippen molar-refractivity contribution in [1.82, 2.24) is 9.96 Å². The van der Waals surface area contributed by atoms with Gasteiger partial charge in [0.05, 0.1) is 12.6 Å². The van der Waals surface area contributed by atoms with Gasteiger partial charge in [0.25, 0.3) is 0 Å². The highest BCUT2D eigenvalue weighted by Gasteiger charge is 2.55. The van der Waals surface area contributed by atoms with Gasteiger partial charge in [0.2, 0.25) is 0 Å². The predicted octanol–water partition coefficient (Wildman–Crippen LogP) is 5.61. The first-order chi connectivity index (χ1) is 16.6. The van der Waals surface area contributed by atoms with Gasteiger partial charge in [-0.2, -0.15) is 5.06 Å². The topological polar surface area (TPSA) is 102 Å². The zero-order valence-corrected chi connectivity index (χ0v) is 21.2. The number of hydrogen-bond donors (Lipinski definition) is 2. The third-order valence-electron chi connectivity index (χ3n) is 5.89. The number of unbranched alkanes of at least 4 members (excludes halogenated alkanes) is 1. The second kappa shape index (κ2) is 11.2. The Balaban J connectivity index is 1.87. The number of nitrogens with one attached hydrogen (secondary N) is 1. The minimum Gasteiger partial charge on any atom is -0.469 e. The highest BCUT2D eigenvalue weighted by atomic mass is 35.5. The summed E-state index contributed by atoms with van der Waals surface area (Å²) in [5, 5.41) is 15.2. The van der Waals surface area contributed by atoms with E-state index in [1.807, 2.05) is 0 Å². The second-order valence-electron chi connectivity index (χ2n) is 8.62. The Kier molecular flexibility index (Phi) is 8.47. The molecule has 0 aliphatic carbocycles. The fraction of sp³-hybridized carbons (Fsp3) is 0.375. The quantitative estimate of drug-likeness (QED) is 0.203. The van der Waals surface area contributed by atoms with Crippen LogP contribution in [0.3, 0.4) is 0 Å². The van der Waals surface area contributed by atoms with Crippen molar-refractivity contribution < 1.29 is 24.3 Å². The summed E-state index contributed by atoms with van der Waals surface area (Å²) >= 11 is 11.9. The number of benzene rings is 2. The molecule has 2 aromatic rings. The van der Waals surface area contributed by atoms with Crippen molar-refractivity contribution in [2.45, 2.75) is 44.8 Å². The third-order valence-corrected chi connectivity index (χ3v) is 6.39. The standard InChI is InChI=1S/C24H28Cl2N4O5/c1-24(2)21(30(34)22(32)27-18-11-7-16(25)8-12-18)29(19-13-9-17(26)10-14-19)23(33)28(24)15-5-4-6-20(31)35-3/h7-14,21,34H,4-6,15H2,1-3H3,(H,27,32). The number of hydrogen-bond acceptors (Lipinski definition) is 5. The summed E-state index contributed by atoms with van der Waals surface area (Å²) in [5.41, 5.74) is -0.0974. The Morgan fingerprint density at radius 2 is 1.63 bits per heavy atom. The molecule has 1 aliphatic heterocycles. The fourth-order valence-electron chi connectivity index (χ4n) is 4.05. The van der Waals surface area contributed by atoms with E-state index in [1.165, 1.54) is 12.0 Å². The maximum absolute atomic E-state index is 13.6. The Morgan fingerprint density at radius 1 is 1.06 bits per heavy atom. The molecule has 0 aromatic heterocycles. The lowest BCUT2D eigenvalue weighted by atomic mass is 9.99. The predicted molar refractivity (Wildman–Crippen MR) is 134 cm³/mol. The Morgan fingerprint density at radius 3 is 2.20 bits per heavy atom. The molecule has 0 radical (unpaired) electrons. The number of hydroxylamine groups is 2. The van der Waals surface area contributed by atoms with Crippen LogP contribution in [0.1, 0.15) is 33.1 Å². The number of ether oxygens (including phenoxy) is 1. The van der Waals surface area contributed by atoms with E-state index >= 15 is 0 Å². The van der Waals surface area contributed by atoms with Crippen LogP contribution in [0.4, 0.5) is 21.0 Å².